The van der Waals surface area contributed by atoms with Crippen LogP contribution in [0.1, 0.15) is 83.6 Å². The third-order valence-corrected chi connectivity index (χ3v) is 5.09. The van der Waals surface area contributed by atoms with E-state index >= 15 is 0 Å². The summed E-state index contributed by atoms with van der Waals surface area (Å²) in [7, 11) is 1.84. The minimum absolute atomic E-state index is 0.186. The normalized spacial score (nSPS) is 12.6. The average Bonchev–Trinajstić information content (AvgIpc) is 3.10. The Hall–Kier alpha value is -1.69. The standard InChI is InChI=1S/C20H35N5O/c1-3-4-5-6-7-8-9-10-11-12-17(13-14-26)25-16-24-18-19(21-2)22-15-23-20(18)25/h15-17,26H,3-14H2,1-2H3,(H,21,22,23). The van der Waals surface area contributed by atoms with E-state index in [1.165, 1.54) is 57.8 Å². The maximum absolute atomic E-state index is 9.47. The quantitative estimate of drug-likeness (QED) is 0.476. The molecule has 0 fully saturated rings. The van der Waals surface area contributed by atoms with Crippen LogP contribution in [0.15, 0.2) is 12.7 Å². The average molecular weight is 362 g/mol. The lowest BCUT2D eigenvalue weighted by molar-refractivity contribution is 0.251. The highest BCUT2D eigenvalue weighted by molar-refractivity contribution is 5.82. The molecule has 0 aromatic carbocycles. The summed E-state index contributed by atoms with van der Waals surface area (Å²) in [5.41, 5.74) is 1.64. The second kappa shape index (κ2) is 11.8. The van der Waals surface area contributed by atoms with Crippen molar-refractivity contribution in [2.24, 2.45) is 0 Å². The van der Waals surface area contributed by atoms with Crippen molar-refractivity contribution in [3.63, 3.8) is 0 Å². The smallest absolute Gasteiger partial charge is 0.165 e. The summed E-state index contributed by atoms with van der Waals surface area (Å²) >= 11 is 0. The molecule has 6 nitrogen and oxygen atoms in total. The zero-order chi connectivity index (χ0) is 18.6. The molecule has 0 spiro atoms. The fraction of sp³-hybridized carbons (Fsp3) is 0.750. The molecule has 6 heteroatoms. The van der Waals surface area contributed by atoms with Crippen LogP contribution in [0.3, 0.4) is 0 Å². The Bertz CT molecular complexity index is 628. The number of aliphatic hydroxyl groups excluding tert-OH is 1. The van der Waals surface area contributed by atoms with Crippen LogP contribution in [0.2, 0.25) is 0 Å². The van der Waals surface area contributed by atoms with Crippen molar-refractivity contribution >= 4 is 17.0 Å². The maximum Gasteiger partial charge on any atom is 0.165 e. The predicted octanol–water partition coefficient (Wildman–Crippen LogP) is 4.71. The fourth-order valence-electron chi connectivity index (χ4n) is 3.56. The van der Waals surface area contributed by atoms with Crippen molar-refractivity contribution in [2.75, 3.05) is 19.0 Å². The van der Waals surface area contributed by atoms with Gasteiger partial charge in [0.2, 0.25) is 0 Å². The lowest BCUT2D eigenvalue weighted by Gasteiger charge is -2.18. The number of hydrogen-bond donors (Lipinski definition) is 2. The lowest BCUT2D eigenvalue weighted by atomic mass is 10.0. The van der Waals surface area contributed by atoms with Crippen LogP contribution in [0.5, 0.6) is 0 Å². The van der Waals surface area contributed by atoms with Gasteiger partial charge in [0.1, 0.15) is 11.8 Å². The number of rotatable bonds is 14. The first kappa shape index (κ1) is 20.6. The summed E-state index contributed by atoms with van der Waals surface area (Å²) in [4.78, 5) is 13.1. The van der Waals surface area contributed by atoms with Crippen LogP contribution in [0.25, 0.3) is 11.2 Å². The van der Waals surface area contributed by atoms with Crippen molar-refractivity contribution in [2.45, 2.75) is 83.6 Å². The predicted molar refractivity (Wildman–Crippen MR) is 107 cm³/mol. The molecule has 0 saturated carbocycles. The van der Waals surface area contributed by atoms with Gasteiger partial charge < -0.3 is 15.0 Å². The van der Waals surface area contributed by atoms with Crippen LogP contribution in [0, 0.1) is 0 Å². The van der Waals surface area contributed by atoms with Gasteiger partial charge >= 0.3 is 0 Å². The van der Waals surface area contributed by atoms with Crippen LogP contribution in [0.4, 0.5) is 5.82 Å². The van der Waals surface area contributed by atoms with Crippen molar-refractivity contribution < 1.29 is 5.11 Å². The molecule has 2 aromatic rings. The molecular formula is C20H35N5O. The Morgan fingerprint density at radius 2 is 1.65 bits per heavy atom. The summed E-state index contributed by atoms with van der Waals surface area (Å²) in [6.07, 6.45) is 17.1. The zero-order valence-corrected chi connectivity index (χ0v) is 16.5. The molecule has 2 heterocycles. The third-order valence-electron chi connectivity index (χ3n) is 5.09. The Morgan fingerprint density at radius 1 is 0.962 bits per heavy atom. The number of nitrogens with zero attached hydrogens (tertiary/aromatic N) is 4. The molecule has 2 N–H and O–H groups in total. The molecule has 0 aliphatic carbocycles. The molecule has 0 amide bonds. The van der Waals surface area contributed by atoms with Gasteiger partial charge in [-0.1, -0.05) is 64.7 Å². The molecule has 0 aliphatic rings. The Labute approximate surface area is 157 Å². The molecule has 0 aliphatic heterocycles. The van der Waals surface area contributed by atoms with Crippen LogP contribution >= 0.6 is 0 Å². The Morgan fingerprint density at radius 3 is 2.31 bits per heavy atom. The molecule has 2 rings (SSSR count). The summed E-state index contributed by atoms with van der Waals surface area (Å²) in [5, 5.41) is 12.5. The highest BCUT2D eigenvalue weighted by Crippen LogP contribution is 2.26. The topological polar surface area (TPSA) is 75.9 Å². The molecule has 0 saturated heterocycles. The first-order chi connectivity index (χ1) is 12.8. The van der Waals surface area contributed by atoms with E-state index < -0.39 is 0 Å². The lowest BCUT2D eigenvalue weighted by Crippen LogP contribution is -2.11. The number of imidazole rings is 1. The second-order valence-electron chi connectivity index (χ2n) is 7.08. The number of aromatic nitrogens is 4. The molecular weight excluding hydrogens is 326 g/mol. The number of fused-ring (bicyclic) bond motifs is 1. The summed E-state index contributed by atoms with van der Waals surface area (Å²) < 4.78 is 2.11. The number of aliphatic hydroxyl groups is 1. The Kier molecular flexibility index (Phi) is 9.39. The highest BCUT2D eigenvalue weighted by atomic mass is 16.3. The second-order valence-corrected chi connectivity index (χ2v) is 7.08. The van der Waals surface area contributed by atoms with Crippen molar-refractivity contribution in [3.8, 4) is 0 Å². The summed E-state index contributed by atoms with van der Waals surface area (Å²) in [5.74, 6) is 0.750. The van der Waals surface area contributed by atoms with Gasteiger partial charge in [-0.25, -0.2) is 15.0 Å². The van der Waals surface area contributed by atoms with Crippen LogP contribution in [-0.4, -0.2) is 38.3 Å². The number of hydrogen-bond acceptors (Lipinski definition) is 5. The van der Waals surface area contributed by atoms with Gasteiger partial charge in [0, 0.05) is 19.7 Å². The van der Waals surface area contributed by atoms with Gasteiger partial charge in [-0.15, -0.1) is 0 Å². The van der Waals surface area contributed by atoms with Crippen molar-refractivity contribution in [1.82, 2.24) is 19.5 Å². The first-order valence-electron chi connectivity index (χ1n) is 10.3. The minimum atomic E-state index is 0.186. The van der Waals surface area contributed by atoms with E-state index in [0.717, 1.165) is 29.8 Å². The van der Waals surface area contributed by atoms with Gasteiger partial charge in [0.15, 0.2) is 11.5 Å². The molecule has 0 bridgehead atoms. The molecule has 146 valence electrons. The fourth-order valence-corrected chi connectivity index (χ4v) is 3.56. The molecule has 0 radical (unpaired) electrons. The Balaban J connectivity index is 1.82. The monoisotopic (exact) mass is 361 g/mol. The van der Waals surface area contributed by atoms with E-state index in [4.69, 9.17) is 0 Å². The molecule has 26 heavy (non-hydrogen) atoms. The van der Waals surface area contributed by atoms with E-state index in [0.29, 0.717) is 0 Å². The molecule has 2 aromatic heterocycles. The van der Waals surface area contributed by atoms with Gasteiger partial charge in [0.05, 0.1) is 6.33 Å². The summed E-state index contributed by atoms with van der Waals surface area (Å²) in [6.45, 7) is 2.45. The maximum atomic E-state index is 9.47. The van der Waals surface area contributed by atoms with E-state index in [1.807, 2.05) is 13.4 Å². The highest BCUT2D eigenvalue weighted by Gasteiger charge is 2.16. The zero-order valence-electron chi connectivity index (χ0n) is 16.5. The van der Waals surface area contributed by atoms with E-state index in [1.54, 1.807) is 6.33 Å². The van der Waals surface area contributed by atoms with Crippen LogP contribution < -0.4 is 5.32 Å². The van der Waals surface area contributed by atoms with E-state index in [-0.39, 0.29) is 12.6 Å². The van der Waals surface area contributed by atoms with Crippen molar-refractivity contribution in [3.05, 3.63) is 12.7 Å². The summed E-state index contributed by atoms with van der Waals surface area (Å²) in [6, 6.07) is 0.245. The van der Waals surface area contributed by atoms with E-state index in [9.17, 15) is 5.11 Å². The molecule has 1 atom stereocenters. The SMILES string of the molecule is CCCCCCCCCCCC(CCO)n1cnc2c(NC)ncnc21. The third kappa shape index (κ3) is 5.94. The largest absolute Gasteiger partial charge is 0.396 e. The van der Waals surface area contributed by atoms with Gasteiger partial charge in [-0.2, -0.15) is 0 Å². The minimum Gasteiger partial charge on any atom is -0.396 e. The van der Waals surface area contributed by atoms with Gasteiger partial charge in [-0.3, -0.25) is 0 Å². The first-order valence-corrected chi connectivity index (χ1v) is 10.3. The van der Waals surface area contributed by atoms with Gasteiger partial charge in [-0.05, 0) is 12.8 Å². The number of unbranched alkanes of at least 4 members (excludes halogenated alkanes) is 8. The number of nitrogens with one attached hydrogen (secondary N) is 1. The molecule has 1 unspecified atom stereocenters. The van der Waals surface area contributed by atoms with E-state index in [2.05, 4.69) is 31.8 Å². The van der Waals surface area contributed by atoms with Gasteiger partial charge in [0.25, 0.3) is 0 Å². The van der Waals surface area contributed by atoms with Crippen LogP contribution in [-0.2, 0) is 0 Å². The number of anilines is 1. The van der Waals surface area contributed by atoms with Crippen molar-refractivity contribution in [1.29, 1.82) is 0 Å².